The van der Waals surface area contributed by atoms with Crippen molar-refractivity contribution in [1.82, 2.24) is 19.8 Å². The zero-order valence-electron chi connectivity index (χ0n) is 15.8. The zero-order valence-corrected chi connectivity index (χ0v) is 15.8. The average molecular weight is 391 g/mol. The minimum absolute atomic E-state index is 0.0902. The number of hydrogen-bond donors (Lipinski definition) is 1. The molecule has 29 heavy (non-hydrogen) atoms. The highest BCUT2D eigenvalue weighted by atomic mass is 16.3. The summed E-state index contributed by atoms with van der Waals surface area (Å²) in [6.45, 7) is 2.48. The van der Waals surface area contributed by atoms with Gasteiger partial charge >= 0.3 is 0 Å². The molecule has 1 aliphatic rings. The number of rotatable bonds is 5. The lowest BCUT2D eigenvalue weighted by atomic mass is 10.2. The first-order valence-electron chi connectivity index (χ1n) is 9.40. The van der Waals surface area contributed by atoms with Gasteiger partial charge in [0.15, 0.2) is 5.76 Å². The molecule has 0 radical (unpaired) electrons. The second kappa shape index (κ2) is 8.55. The van der Waals surface area contributed by atoms with Crippen LogP contribution in [0.4, 0.5) is 5.69 Å². The quantitative estimate of drug-likeness (QED) is 0.717. The highest BCUT2D eigenvalue weighted by Gasteiger charge is 2.26. The van der Waals surface area contributed by atoms with Crippen molar-refractivity contribution in [2.24, 2.45) is 0 Å². The number of aromatic nitrogens is 2. The molecule has 4 heterocycles. The molecule has 0 unspecified atom stereocenters. The third kappa shape index (κ3) is 4.43. The fourth-order valence-corrected chi connectivity index (χ4v) is 3.21. The van der Waals surface area contributed by atoms with Crippen molar-refractivity contribution in [2.75, 3.05) is 31.5 Å². The Labute approximate surface area is 168 Å². The topological polar surface area (TPSA) is 91.6 Å². The average Bonchev–Trinajstić information content (AvgIpc) is 3.33. The van der Waals surface area contributed by atoms with E-state index in [9.17, 15) is 9.59 Å². The van der Waals surface area contributed by atoms with E-state index in [1.54, 1.807) is 52.8 Å². The summed E-state index contributed by atoms with van der Waals surface area (Å²) in [6.07, 6.45) is 8.26. The third-order valence-electron chi connectivity index (χ3n) is 4.79. The molecule has 0 atom stereocenters. The summed E-state index contributed by atoms with van der Waals surface area (Å²) < 4.78 is 5.17. The lowest BCUT2D eigenvalue weighted by Gasteiger charge is -2.34. The van der Waals surface area contributed by atoms with Crippen LogP contribution in [0.5, 0.6) is 0 Å². The SMILES string of the molecule is O=C(c1cncc(NCc2cccnc2)c1)N1CCN(C(=O)c2ccco2)CC1. The molecule has 1 aliphatic heterocycles. The summed E-state index contributed by atoms with van der Waals surface area (Å²) in [5.41, 5.74) is 2.33. The molecule has 148 valence electrons. The summed E-state index contributed by atoms with van der Waals surface area (Å²) in [5.74, 6) is 0.0827. The Morgan fingerprint density at radius 3 is 2.45 bits per heavy atom. The van der Waals surface area contributed by atoms with Gasteiger partial charge < -0.3 is 19.5 Å². The van der Waals surface area contributed by atoms with Gasteiger partial charge in [0.25, 0.3) is 11.8 Å². The highest BCUT2D eigenvalue weighted by molar-refractivity contribution is 5.95. The second-order valence-corrected chi connectivity index (χ2v) is 6.74. The minimum Gasteiger partial charge on any atom is -0.459 e. The number of furan rings is 1. The Morgan fingerprint density at radius 1 is 0.966 bits per heavy atom. The van der Waals surface area contributed by atoms with Crippen molar-refractivity contribution in [2.45, 2.75) is 6.54 Å². The standard InChI is InChI=1S/C21H21N5O3/c27-20(25-6-8-26(9-7-25)21(28)19-4-2-10-29-19)17-11-18(15-23-14-17)24-13-16-3-1-5-22-12-16/h1-5,10-12,14-15,24H,6-9,13H2. The largest absolute Gasteiger partial charge is 0.459 e. The maximum absolute atomic E-state index is 12.9. The van der Waals surface area contributed by atoms with Crippen LogP contribution in [-0.2, 0) is 6.54 Å². The predicted octanol–water partition coefficient (Wildman–Crippen LogP) is 2.28. The summed E-state index contributed by atoms with van der Waals surface area (Å²) >= 11 is 0. The Hall–Kier alpha value is -3.68. The van der Waals surface area contributed by atoms with Crippen LogP contribution < -0.4 is 5.32 Å². The lowest BCUT2D eigenvalue weighted by Crippen LogP contribution is -2.50. The number of pyridine rings is 2. The molecule has 8 nitrogen and oxygen atoms in total. The van der Waals surface area contributed by atoms with Crippen molar-refractivity contribution < 1.29 is 14.0 Å². The monoisotopic (exact) mass is 391 g/mol. The van der Waals surface area contributed by atoms with E-state index in [0.29, 0.717) is 44.0 Å². The minimum atomic E-state index is -0.148. The molecule has 4 rings (SSSR count). The third-order valence-corrected chi connectivity index (χ3v) is 4.79. The van der Waals surface area contributed by atoms with E-state index in [1.165, 1.54) is 6.26 Å². The molecule has 3 aromatic heterocycles. The van der Waals surface area contributed by atoms with Crippen LogP contribution >= 0.6 is 0 Å². The van der Waals surface area contributed by atoms with E-state index in [1.807, 2.05) is 12.1 Å². The first kappa shape index (κ1) is 18.7. The van der Waals surface area contributed by atoms with Gasteiger partial charge in [-0.1, -0.05) is 6.07 Å². The van der Waals surface area contributed by atoms with Gasteiger partial charge in [0.2, 0.25) is 0 Å². The molecule has 0 saturated carbocycles. The molecular weight excluding hydrogens is 370 g/mol. The van der Waals surface area contributed by atoms with Crippen LogP contribution in [0.15, 0.2) is 65.8 Å². The molecule has 1 saturated heterocycles. The van der Waals surface area contributed by atoms with Crippen LogP contribution in [0.2, 0.25) is 0 Å². The Morgan fingerprint density at radius 2 is 1.76 bits per heavy atom. The van der Waals surface area contributed by atoms with Crippen LogP contribution in [0, 0.1) is 0 Å². The van der Waals surface area contributed by atoms with E-state index in [-0.39, 0.29) is 11.8 Å². The van der Waals surface area contributed by atoms with E-state index in [4.69, 9.17) is 4.42 Å². The molecular formula is C21H21N5O3. The number of carbonyl (C=O) groups excluding carboxylic acids is 2. The summed E-state index contributed by atoms with van der Waals surface area (Å²) in [4.78, 5) is 36.9. The number of nitrogens with zero attached hydrogens (tertiary/aromatic N) is 4. The number of anilines is 1. The van der Waals surface area contributed by atoms with Gasteiger partial charge in [-0.15, -0.1) is 0 Å². The number of hydrogen-bond acceptors (Lipinski definition) is 6. The fourth-order valence-electron chi connectivity index (χ4n) is 3.21. The van der Waals surface area contributed by atoms with Crippen LogP contribution in [-0.4, -0.2) is 57.8 Å². The molecule has 2 amide bonds. The van der Waals surface area contributed by atoms with Gasteiger partial charge in [-0.3, -0.25) is 19.6 Å². The molecule has 0 aromatic carbocycles. The highest BCUT2D eigenvalue weighted by Crippen LogP contribution is 2.15. The van der Waals surface area contributed by atoms with Crippen molar-refractivity contribution >= 4 is 17.5 Å². The van der Waals surface area contributed by atoms with Crippen LogP contribution in [0.25, 0.3) is 0 Å². The molecule has 0 bridgehead atoms. The van der Waals surface area contributed by atoms with E-state index in [0.717, 1.165) is 11.3 Å². The van der Waals surface area contributed by atoms with Crippen LogP contribution in [0.3, 0.4) is 0 Å². The number of carbonyl (C=O) groups is 2. The van der Waals surface area contributed by atoms with Gasteiger partial charge in [0, 0.05) is 57.5 Å². The maximum Gasteiger partial charge on any atom is 0.289 e. The first-order chi connectivity index (χ1) is 14.2. The smallest absolute Gasteiger partial charge is 0.289 e. The summed E-state index contributed by atoms with van der Waals surface area (Å²) in [5, 5.41) is 3.26. The van der Waals surface area contributed by atoms with Gasteiger partial charge in [-0.25, -0.2) is 0 Å². The molecule has 1 fully saturated rings. The Balaban J connectivity index is 1.34. The molecule has 0 spiro atoms. The van der Waals surface area contributed by atoms with Gasteiger partial charge in [0.05, 0.1) is 17.5 Å². The fraction of sp³-hybridized carbons (Fsp3) is 0.238. The summed E-state index contributed by atoms with van der Waals surface area (Å²) in [6, 6.07) is 8.99. The number of nitrogens with one attached hydrogen (secondary N) is 1. The maximum atomic E-state index is 12.9. The van der Waals surface area contributed by atoms with Gasteiger partial charge in [-0.05, 0) is 29.8 Å². The molecule has 0 aliphatic carbocycles. The first-order valence-corrected chi connectivity index (χ1v) is 9.40. The van der Waals surface area contributed by atoms with Gasteiger partial charge in [-0.2, -0.15) is 0 Å². The zero-order chi connectivity index (χ0) is 20.1. The second-order valence-electron chi connectivity index (χ2n) is 6.74. The number of piperazine rings is 1. The lowest BCUT2D eigenvalue weighted by molar-refractivity contribution is 0.0518. The van der Waals surface area contributed by atoms with E-state index < -0.39 is 0 Å². The van der Waals surface area contributed by atoms with E-state index in [2.05, 4.69) is 15.3 Å². The van der Waals surface area contributed by atoms with Crippen molar-refractivity contribution in [1.29, 1.82) is 0 Å². The molecule has 3 aromatic rings. The normalized spacial score (nSPS) is 13.9. The van der Waals surface area contributed by atoms with E-state index >= 15 is 0 Å². The van der Waals surface area contributed by atoms with Gasteiger partial charge in [0.1, 0.15) is 0 Å². The Kier molecular flexibility index (Phi) is 5.51. The van der Waals surface area contributed by atoms with Crippen LogP contribution in [0.1, 0.15) is 26.5 Å². The molecule has 1 N–H and O–H groups in total. The summed E-state index contributed by atoms with van der Waals surface area (Å²) in [7, 11) is 0. The number of amides is 2. The van der Waals surface area contributed by atoms with Crippen molar-refractivity contribution in [3.8, 4) is 0 Å². The molecule has 8 heteroatoms. The van der Waals surface area contributed by atoms with Crippen molar-refractivity contribution in [3.05, 3.63) is 78.3 Å². The Bertz CT molecular complexity index is 967. The predicted molar refractivity (Wildman–Crippen MR) is 106 cm³/mol. The van der Waals surface area contributed by atoms with Crippen molar-refractivity contribution in [3.63, 3.8) is 0 Å².